The lowest BCUT2D eigenvalue weighted by Gasteiger charge is -2.08. The summed E-state index contributed by atoms with van der Waals surface area (Å²) < 4.78 is 0. The number of aromatic nitrogens is 1. The van der Waals surface area contributed by atoms with Gasteiger partial charge in [0, 0.05) is 12.6 Å². The molecule has 0 bridgehead atoms. The number of hydrogen-bond donors (Lipinski definition) is 2. The van der Waals surface area contributed by atoms with Crippen molar-refractivity contribution in [1.82, 2.24) is 10.3 Å². The number of carbonyl (C=O) groups excluding carboxylic acids is 1. The van der Waals surface area contributed by atoms with Gasteiger partial charge in [-0.3, -0.25) is 9.78 Å². The first kappa shape index (κ1) is 12.6. The maximum atomic E-state index is 11.5. The van der Waals surface area contributed by atoms with Crippen LogP contribution in [0.2, 0.25) is 0 Å². The first-order chi connectivity index (χ1) is 7.72. The van der Waals surface area contributed by atoms with Crippen LogP contribution in [0.1, 0.15) is 25.5 Å². The molecular formula is C12H19N3O. The molecule has 1 amide bonds. The van der Waals surface area contributed by atoms with E-state index in [1.165, 1.54) is 0 Å². The Hall–Kier alpha value is -1.42. The lowest BCUT2D eigenvalue weighted by atomic mass is 10.1. The van der Waals surface area contributed by atoms with Gasteiger partial charge in [0.25, 0.3) is 0 Å². The lowest BCUT2D eigenvalue weighted by Crippen LogP contribution is -2.24. The molecule has 1 heterocycles. The minimum absolute atomic E-state index is 0.0611. The molecule has 0 fully saturated rings. The molecule has 0 radical (unpaired) electrons. The zero-order valence-electron chi connectivity index (χ0n) is 9.65. The second kappa shape index (κ2) is 6.95. The molecule has 0 aliphatic carbocycles. The van der Waals surface area contributed by atoms with E-state index in [9.17, 15) is 4.79 Å². The summed E-state index contributed by atoms with van der Waals surface area (Å²) in [6, 6.07) is 5.65. The summed E-state index contributed by atoms with van der Waals surface area (Å²) in [6.07, 6.45) is 3.09. The first-order valence-electron chi connectivity index (χ1n) is 5.59. The predicted octanol–water partition coefficient (Wildman–Crippen LogP) is 1.07. The number of hydrogen-bond acceptors (Lipinski definition) is 3. The Kier molecular flexibility index (Phi) is 5.50. The van der Waals surface area contributed by atoms with Crippen LogP contribution in [0.5, 0.6) is 0 Å². The van der Waals surface area contributed by atoms with Crippen molar-refractivity contribution in [1.29, 1.82) is 0 Å². The quantitative estimate of drug-likeness (QED) is 0.755. The minimum Gasteiger partial charge on any atom is -0.350 e. The van der Waals surface area contributed by atoms with Gasteiger partial charge in [-0.25, -0.2) is 0 Å². The van der Waals surface area contributed by atoms with Crippen molar-refractivity contribution in [3.8, 4) is 0 Å². The summed E-state index contributed by atoms with van der Waals surface area (Å²) in [5.41, 5.74) is 6.36. The third-order valence-electron chi connectivity index (χ3n) is 2.46. The maximum Gasteiger partial charge on any atom is 0.220 e. The van der Waals surface area contributed by atoms with Crippen LogP contribution >= 0.6 is 0 Å². The van der Waals surface area contributed by atoms with Gasteiger partial charge in [0.05, 0.1) is 12.2 Å². The lowest BCUT2D eigenvalue weighted by molar-refractivity contribution is -0.121. The summed E-state index contributed by atoms with van der Waals surface area (Å²) in [6.45, 7) is 3.18. The van der Waals surface area contributed by atoms with Crippen LogP contribution in [0, 0.1) is 5.92 Å². The van der Waals surface area contributed by atoms with E-state index in [1.807, 2.05) is 25.1 Å². The summed E-state index contributed by atoms with van der Waals surface area (Å²) in [4.78, 5) is 15.6. The molecule has 0 spiro atoms. The third-order valence-corrected chi connectivity index (χ3v) is 2.46. The highest BCUT2D eigenvalue weighted by atomic mass is 16.1. The summed E-state index contributed by atoms with van der Waals surface area (Å²) in [7, 11) is 0. The number of pyridine rings is 1. The highest BCUT2D eigenvalue weighted by Gasteiger charge is 2.05. The molecule has 0 saturated carbocycles. The van der Waals surface area contributed by atoms with Gasteiger partial charge in [0.15, 0.2) is 0 Å². The van der Waals surface area contributed by atoms with Crippen LogP contribution in [0.15, 0.2) is 24.4 Å². The standard InChI is InChI=1S/C12H19N3O/c1-10(8-13)5-6-12(16)15-9-11-4-2-3-7-14-11/h2-4,7,10H,5-6,8-9,13H2,1H3,(H,15,16). The van der Waals surface area contributed by atoms with E-state index in [4.69, 9.17) is 5.73 Å². The van der Waals surface area contributed by atoms with Crippen LogP contribution in [0.4, 0.5) is 0 Å². The molecule has 3 N–H and O–H groups in total. The molecule has 0 aromatic carbocycles. The van der Waals surface area contributed by atoms with Crippen molar-refractivity contribution >= 4 is 5.91 Å². The van der Waals surface area contributed by atoms with Crippen molar-refractivity contribution in [3.05, 3.63) is 30.1 Å². The molecule has 1 aromatic rings. The largest absolute Gasteiger partial charge is 0.350 e. The van der Waals surface area contributed by atoms with Crippen molar-refractivity contribution in [2.45, 2.75) is 26.3 Å². The van der Waals surface area contributed by atoms with Crippen LogP contribution in [-0.2, 0) is 11.3 Å². The van der Waals surface area contributed by atoms with Crippen molar-refractivity contribution < 1.29 is 4.79 Å². The van der Waals surface area contributed by atoms with E-state index in [0.717, 1.165) is 12.1 Å². The smallest absolute Gasteiger partial charge is 0.220 e. The van der Waals surface area contributed by atoms with E-state index < -0.39 is 0 Å². The maximum absolute atomic E-state index is 11.5. The van der Waals surface area contributed by atoms with Gasteiger partial charge < -0.3 is 11.1 Å². The Morgan fingerprint density at radius 1 is 1.56 bits per heavy atom. The number of nitrogens with zero attached hydrogens (tertiary/aromatic N) is 1. The highest BCUT2D eigenvalue weighted by Crippen LogP contribution is 2.03. The Morgan fingerprint density at radius 3 is 3.00 bits per heavy atom. The molecule has 0 saturated heterocycles. The van der Waals surface area contributed by atoms with Gasteiger partial charge in [-0.15, -0.1) is 0 Å². The fourth-order valence-electron chi connectivity index (χ4n) is 1.28. The predicted molar refractivity (Wildman–Crippen MR) is 63.5 cm³/mol. The average Bonchev–Trinajstić information content (AvgIpc) is 2.34. The number of rotatable bonds is 6. The molecule has 4 heteroatoms. The van der Waals surface area contributed by atoms with Crippen LogP contribution in [-0.4, -0.2) is 17.4 Å². The van der Waals surface area contributed by atoms with Gasteiger partial charge in [0.1, 0.15) is 0 Å². The molecule has 0 aliphatic heterocycles. The number of carbonyl (C=O) groups is 1. The third kappa shape index (κ3) is 4.89. The topological polar surface area (TPSA) is 68.0 Å². The Balaban J connectivity index is 2.20. The van der Waals surface area contributed by atoms with Crippen molar-refractivity contribution in [3.63, 3.8) is 0 Å². The number of nitrogens with two attached hydrogens (primary N) is 1. The SMILES string of the molecule is CC(CN)CCC(=O)NCc1ccccn1. The number of amides is 1. The van der Waals surface area contributed by atoms with Crippen molar-refractivity contribution in [2.24, 2.45) is 11.7 Å². The summed E-state index contributed by atoms with van der Waals surface area (Å²) in [5, 5.41) is 2.84. The molecule has 1 unspecified atom stereocenters. The average molecular weight is 221 g/mol. The zero-order valence-corrected chi connectivity index (χ0v) is 9.65. The normalized spacial score (nSPS) is 12.1. The molecule has 4 nitrogen and oxygen atoms in total. The monoisotopic (exact) mass is 221 g/mol. The van der Waals surface area contributed by atoms with E-state index in [2.05, 4.69) is 10.3 Å². The van der Waals surface area contributed by atoms with Gasteiger partial charge in [-0.2, -0.15) is 0 Å². The zero-order chi connectivity index (χ0) is 11.8. The van der Waals surface area contributed by atoms with Gasteiger partial charge >= 0.3 is 0 Å². The summed E-state index contributed by atoms with van der Waals surface area (Å²) in [5.74, 6) is 0.464. The first-order valence-corrected chi connectivity index (χ1v) is 5.59. The number of nitrogens with one attached hydrogen (secondary N) is 1. The van der Waals surface area contributed by atoms with Gasteiger partial charge in [0.2, 0.25) is 5.91 Å². The Bertz CT molecular complexity index is 313. The molecule has 88 valence electrons. The van der Waals surface area contributed by atoms with Gasteiger partial charge in [-0.05, 0) is 31.0 Å². The Labute approximate surface area is 96.3 Å². The van der Waals surface area contributed by atoms with Crippen LogP contribution in [0.3, 0.4) is 0 Å². The molecule has 1 atom stereocenters. The van der Waals surface area contributed by atoms with Crippen molar-refractivity contribution in [2.75, 3.05) is 6.54 Å². The molecule has 0 aliphatic rings. The van der Waals surface area contributed by atoms with Crippen LogP contribution < -0.4 is 11.1 Å². The second-order valence-electron chi connectivity index (χ2n) is 3.98. The highest BCUT2D eigenvalue weighted by molar-refractivity contribution is 5.75. The van der Waals surface area contributed by atoms with E-state index in [-0.39, 0.29) is 5.91 Å². The Morgan fingerprint density at radius 2 is 2.38 bits per heavy atom. The summed E-state index contributed by atoms with van der Waals surface area (Å²) >= 11 is 0. The molecule has 16 heavy (non-hydrogen) atoms. The molecule has 1 aromatic heterocycles. The molecular weight excluding hydrogens is 202 g/mol. The van der Waals surface area contributed by atoms with E-state index >= 15 is 0 Å². The fourth-order valence-corrected chi connectivity index (χ4v) is 1.28. The molecule has 1 rings (SSSR count). The van der Waals surface area contributed by atoms with Crippen LogP contribution in [0.25, 0.3) is 0 Å². The van der Waals surface area contributed by atoms with E-state index in [1.54, 1.807) is 6.20 Å². The second-order valence-corrected chi connectivity index (χ2v) is 3.98. The fraction of sp³-hybridized carbons (Fsp3) is 0.500. The van der Waals surface area contributed by atoms with Gasteiger partial charge in [-0.1, -0.05) is 13.0 Å². The minimum atomic E-state index is 0.0611. The van der Waals surface area contributed by atoms with E-state index in [0.29, 0.717) is 25.4 Å².